The predicted molar refractivity (Wildman–Crippen MR) is 115 cm³/mol. The largest absolute Gasteiger partial charge is 0.274 e. The monoisotopic (exact) mass is 393 g/mol. The standard InChI is InChI=1S/C27H23NO2/c1-27(2,16-10-4-3-5-11-16)28-25(29)23-21-17-12-6-7-13-18(17)22(24(23)26(28)30)20-15-9-8-14-19(20)21/h3-15,21-24H,1-2H3. The van der Waals surface area contributed by atoms with Crippen LogP contribution < -0.4 is 0 Å². The van der Waals surface area contributed by atoms with Crippen LogP contribution >= 0.6 is 0 Å². The number of nitrogens with zero attached hydrogens (tertiary/aromatic N) is 1. The molecule has 30 heavy (non-hydrogen) atoms. The van der Waals surface area contributed by atoms with E-state index in [4.69, 9.17) is 0 Å². The Morgan fingerprint density at radius 2 is 0.967 bits per heavy atom. The molecule has 2 unspecified atom stereocenters. The molecule has 148 valence electrons. The molecule has 0 saturated carbocycles. The van der Waals surface area contributed by atoms with Crippen molar-refractivity contribution in [1.82, 2.24) is 4.90 Å². The summed E-state index contributed by atoms with van der Waals surface area (Å²) in [6, 6.07) is 26.6. The Labute approximate surface area is 176 Å². The molecular formula is C27H23NO2. The second-order valence-corrected chi connectivity index (χ2v) is 9.20. The molecule has 1 aliphatic heterocycles. The maximum atomic E-state index is 13.9. The van der Waals surface area contributed by atoms with Crippen molar-refractivity contribution in [1.29, 1.82) is 0 Å². The molecule has 3 aromatic carbocycles. The maximum absolute atomic E-state index is 13.9. The van der Waals surface area contributed by atoms with Gasteiger partial charge in [0.05, 0.1) is 17.4 Å². The fourth-order valence-electron chi connectivity index (χ4n) is 6.20. The van der Waals surface area contributed by atoms with Gasteiger partial charge in [-0.2, -0.15) is 0 Å². The van der Waals surface area contributed by atoms with E-state index in [1.165, 1.54) is 22.3 Å². The van der Waals surface area contributed by atoms with Crippen molar-refractivity contribution in [3.8, 4) is 0 Å². The lowest BCUT2D eigenvalue weighted by Gasteiger charge is -2.45. The van der Waals surface area contributed by atoms with Crippen molar-refractivity contribution in [2.75, 3.05) is 0 Å². The highest BCUT2D eigenvalue weighted by Crippen LogP contribution is 2.61. The highest BCUT2D eigenvalue weighted by molar-refractivity contribution is 6.08. The van der Waals surface area contributed by atoms with Gasteiger partial charge >= 0.3 is 0 Å². The van der Waals surface area contributed by atoms with Crippen molar-refractivity contribution < 1.29 is 9.59 Å². The van der Waals surface area contributed by atoms with Gasteiger partial charge in [0.15, 0.2) is 0 Å². The summed E-state index contributed by atoms with van der Waals surface area (Å²) in [4.78, 5) is 29.3. The molecule has 0 spiro atoms. The number of hydrogen-bond acceptors (Lipinski definition) is 2. The topological polar surface area (TPSA) is 37.4 Å². The van der Waals surface area contributed by atoms with Gasteiger partial charge in [-0.1, -0.05) is 78.9 Å². The normalized spacial score (nSPS) is 26.4. The molecule has 1 heterocycles. The minimum absolute atomic E-state index is 0.0298. The Morgan fingerprint density at radius 3 is 1.37 bits per heavy atom. The van der Waals surface area contributed by atoms with Crippen LogP contribution in [0, 0.1) is 11.8 Å². The summed E-state index contributed by atoms with van der Waals surface area (Å²) in [6.07, 6.45) is 0. The first kappa shape index (κ1) is 17.6. The van der Waals surface area contributed by atoms with Crippen LogP contribution in [0.1, 0.15) is 53.5 Å². The van der Waals surface area contributed by atoms with Crippen LogP contribution in [0.2, 0.25) is 0 Å². The summed E-state index contributed by atoms with van der Waals surface area (Å²) < 4.78 is 0. The van der Waals surface area contributed by atoms with Crippen LogP contribution in [0.25, 0.3) is 0 Å². The molecule has 2 atom stereocenters. The van der Waals surface area contributed by atoms with Gasteiger partial charge in [0.1, 0.15) is 0 Å². The highest BCUT2D eigenvalue weighted by atomic mass is 16.2. The second-order valence-electron chi connectivity index (χ2n) is 9.20. The van der Waals surface area contributed by atoms with E-state index in [0.717, 1.165) is 5.56 Å². The van der Waals surface area contributed by atoms with Gasteiger partial charge in [0.25, 0.3) is 0 Å². The van der Waals surface area contributed by atoms with E-state index in [9.17, 15) is 9.59 Å². The van der Waals surface area contributed by atoms with Crippen LogP contribution in [-0.4, -0.2) is 16.7 Å². The number of hydrogen-bond donors (Lipinski definition) is 0. The molecule has 0 radical (unpaired) electrons. The Morgan fingerprint density at radius 1 is 0.600 bits per heavy atom. The summed E-state index contributed by atoms with van der Waals surface area (Å²) >= 11 is 0. The SMILES string of the molecule is CC(C)(c1ccccc1)N1C(=O)C2C3c4ccccc4C(c4ccccc43)C2C1=O. The van der Waals surface area contributed by atoms with Crippen molar-refractivity contribution in [2.24, 2.45) is 11.8 Å². The van der Waals surface area contributed by atoms with Crippen molar-refractivity contribution in [2.45, 2.75) is 31.2 Å². The van der Waals surface area contributed by atoms with E-state index < -0.39 is 5.54 Å². The molecule has 1 saturated heterocycles. The molecule has 3 heteroatoms. The molecule has 7 rings (SSSR count). The first-order valence-electron chi connectivity index (χ1n) is 10.6. The molecule has 3 aromatic rings. The predicted octanol–water partition coefficient (Wildman–Crippen LogP) is 4.81. The lowest BCUT2D eigenvalue weighted by Crippen LogP contribution is -2.46. The van der Waals surface area contributed by atoms with Crippen LogP contribution in [0.3, 0.4) is 0 Å². The molecular weight excluding hydrogens is 370 g/mol. The summed E-state index contributed by atoms with van der Waals surface area (Å²) in [5, 5.41) is 0. The Balaban J connectivity index is 1.55. The summed E-state index contributed by atoms with van der Waals surface area (Å²) in [5.41, 5.74) is 5.13. The molecule has 2 amide bonds. The Bertz CT molecular complexity index is 1080. The van der Waals surface area contributed by atoms with E-state index in [1.807, 2.05) is 68.4 Å². The highest BCUT2D eigenvalue weighted by Gasteiger charge is 2.63. The number of carbonyl (C=O) groups is 2. The van der Waals surface area contributed by atoms with Crippen LogP contribution in [0.5, 0.6) is 0 Å². The molecule has 0 N–H and O–H groups in total. The van der Waals surface area contributed by atoms with Crippen molar-refractivity contribution >= 4 is 11.8 Å². The maximum Gasteiger partial charge on any atom is 0.234 e. The first-order chi connectivity index (χ1) is 14.5. The minimum Gasteiger partial charge on any atom is -0.274 e. The number of likely N-dealkylation sites (tertiary alicyclic amines) is 1. The van der Waals surface area contributed by atoms with Crippen LogP contribution in [0.4, 0.5) is 0 Å². The average Bonchev–Trinajstić information content (AvgIpc) is 3.06. The zero-order chi connectivity index (χ0) is 20.6. The Kier molecular flexibility index (Phi) is 3.48. The summed E-state index contributed by atoms with van der Waals surface area (Å²) in [7, 11) is 0. The van der Waals surface area contributed by atoms with Crippen molar-refractivity contribution in [3.63, 3.8) is 0 Å². The number of amides is 2. The van der Waals surface area contributed by atoms with Gasteiger partial charge < -0.3 is 0 Å². The molecule has 3 nitrogen and oxygen atoms in total. The third kappa shape index (κ3) is 2.05. The van der Waals surface area contributed by atoms with E-state index in [2.05, 4.69) is 24.3 Å². The fraction of sp³-hybridized carbons (Fsp3) is 0.259. The van der Waals surface area contributed by atoms with E-state index in [-0.39, 0.29) is 35.5 Å². The van der Waals surface area contributed by atoms with E-state index in [0.29, 0.717) is 0 Å². The summed E-state index contributed by atoms with van der Waals surface area (Å²) in [6.45, 7) is 3.97. The van der Waals surface area contributed by atoms with Gasteiger partial charge in [-0.3, -0.25) is 14.5 Å². The van der Waals surface area contributed by atoms with Crippen molar-refractivity contribution in [3.05, 3.63) is 107 Å². The van der Waals surface area contributed by atoms with Gasteiger partial charge in [-0.25, -0.2) is 0 Å². The smallest absolute Gasteiger partial charge is 0.234 e. The minimum atomic E-state index is -0.690. The lowest BCUT2D eigenvalue weighted by atomic mass is 9.55. The number of imide groups is 1. The van der Waals surface area contributed by atoms with Gasteiger partial charge in [-0.15, -0.1) is 0 Å². The van der Waals surface area contributed by atoms with Gasteiger partial charge in [0, 0.05) is 11.8 Å². The molecule has 0 aromatic heterocycles. The molecule has 1 fully saturated rings. The van der Waals surface area contributed by atoms with Gasteiger partial charge in [-0.05, 0) is 41.7 Å². The molecule has 3 aliphatic carbocycles. The van der Waals surface area contributed by atoms with Crippen LogP contribution in [-0.2, 0) is 15.1 Å². The zero-order valence-electron chi connectivity index (χ0n) is 17.1. The second kappa shape index (κ2) is 5.91. The van der Waals surface area contributed by atoms with Gasteiger partial charge in [0.2, 0.25) is 11.8 Å². The summed E-state index contributed by atoms with van der Waals surface area (Å²) in [5.74, 6) is -0.817. The first-order valence-corrected chi connectivity index (χ1v) is 10.6. The lowest BCUT2D eigenvalue weighted by molar-refractivity contribution is -0.146. The van der Waals surface area contributed by atoms with E-state index >= 15 is 0 Å². The zero-order valence-corrected chi connectivity index (χ0v) is 17.1. The number of benzene rings is 3. The third-order valence-corrected chi connectivity index (χ3v) is 7.49. The number of rotatable bonds is 2. The average molecular weight is 393 g/mol. The molecule has 2 bridgehead atoms. The number of carbonyl (C=O) groups excluding carboxylic acids is 2. The fourth-order valence-corrected chi connectivity index (χ4v) is 6.20. The Hall–Kier alpha value is -3.20. The quantitative estimate of drug-likeness (QED) is 0.586. The molecule has 4 aliphatic rings. The van der Waals surface area contributed by atoms with Crippen LogP contribution in [0.15, 0.2) is 78.9 Å². The van der Waals surface area contributed by atoms with E-state index in [1.54, 1.807) is 4.90 Å². The third-order valence-electron chi connectivity index (χ3n) is 7.49.